The molecular formula is C30H42N8O5S. The van der Waals surface area contributed by atoms with Gasteiger partial charge in [0, 0.05) is 51.6 Å². The van der Waals surface area contributed by atoms with E-state index >= 15 is 0 Å². The molecule has 2 amide bonds. The molecule has 0 radical (unpaired) electrons. The third-order valence-corrected chi connectivity index (χ3v) is 10.9. The molecule has 44 heavy (non-hydrogen) atoms. The SMILES string of the molecule is CN(CC1CCC(n2cc(N)c(S(C)(=O)=O)n2)CC1)C1CCN(c2cccc3c2n(C)c(=O)n3C2CCC(=O)NC2=O)CC1. The molecule has 1 saturated carbocycles. The fraction of sp³-hybridized carbons (Fsp3) is 0.600. The van der Waals surface area contributed by atoms with Crippen molar-refractivity contribution in [3.8, 4) is 0 Å². The van der Waals surface area contributed by atoms with Crippen molar-refractivity contribution in [3.05, 3.63) is 34.9 Å². The number of nitrogens with zero attached hydrogens (tertiary/aromatic N) is 6. The fourth-order valence-electron chi connectivity index (χ4n) is 7.46. The van der Waals surface area contributed by atoms with Gasteiger partial charge in [-0.05, 0) is 70.0 Å². The number of amides is 2. The maximum Gasteiger partial charge on any atom is 0.329 e. The predicted octanol–water partition coefficient (Wildman–Crippen LogP) is 1.83. The minimum Gasteiger partial charge on any atom is -0.395 e. The monoisotopic (exact) mass is 626 g/mol. The van der Waals surface area contributed by atoms with Gasteiger partial charge < -0.3 is 15.5 Å². The molecule has 1 atom stereocenters. The number of carbonyl (C=O) groups is 2. The van der Waals surface area contributed by atoms with Crippen molar-refractivity contribution in [1.82, 2.24) is 29.1 Å². The molecule has 3 aliphatic rings. The highest BCUT2D eigenvalue weighted by Crippen LogP contribution is 2.35. The second-order valence-electron chi connectivity index (χ2n) is 12.8. The van der Waals surface area contributed by atoms with E-state index in [1.54, 1.807) is 27.1 Å². The van der Waals surface area contributed by atoms with Crippen LogP contribution in [0.25, 0.3) is 11.0 Å². The molecule has 13 nitrogen and oxygen atoms in total. The Hall–Kier alpha value is -3.65. The number of para-hydroxylation sites is 1. The summed E-state index contributed by atoms with van der Waals surface area (Å²) >= 11 is 0. The molecule has 3 fully saturated rings. The maximum atomic E-state index is 13.3. The lowest BCUT2D eigenvalue weighted by Gasteiger charge is -2.40. The van der Waals surface area contributed by atoms with Gasteiger partial charge in [0.25, 0.3) is 0 Å². The van der Waals surface area contributed by atoms with E-state index in [4.69, 9.17) is 5.73 Å². The maximum absolute atomic E-state index is 13.3. The second-order valence-corrected chi connectivity index (χ2v) is 14.7. The molecule has 14 heteroatoms. The van der Waals surface area contributed by atoms with Gasteiger partial charge in [0.15, 0.2) is 14.9 Å². The number of hydrogen-bond acceptors (Lipinski definition) is 9. The van der Waals surface area contributed by atoms with Crippen LogP contribution in [0, 0.1) is 5.92 Å². The number of rotatable bonds is 7. The average molecular weight is 627 g/mol. The van der Waals surface area contributed by atoms with Crippen LogP contribution in [-0.4, -0.2) is 83.0 Å². The number of aromatic nitrogens is 4. The summed E-state index contributed by atoms with van der Waals surface area (Å²) in [6.07, 6.45) is 9.34. The number of benzene rings is 1. The third-order valence-electron chi connectivity index (χ3n) is 9.84. The first-order valence-electron chi connectivity index (χ1n) is 15.5. The quantitative estimate of drug-likeness (QED) is 0.374. The van der Waals surface area contributed by atoms with Gasteiger partial charge in [0.05, 0.1) is 28.5 Å². The van der Waals surface area contributed by atoms with Crippen molar-refractivity contribution < 1.29 is 18.0 Å². The van der Waals surface area contributed by atoms with Crippen LogP contribution >= 0.6 is 0 Å². The molecule has 3 aromatic rings. The zero-order chi connectivity index (χ0) is 31.3. The number of aryl methyl sites for hydroxylation is 1. The zero-order valence-corrected chi connectivity index (χ0v) is 26.4. The minimum atomic E-state index is -3.44. The molecule has 4 heterocycles. The number of imidazole rings is 1. The number of sulfone groups is 1. The Bertz CT molecular complexity index is 1740. The van der Waals surface area contributed by atoms with E-state index in [0.717, 1.165) is 75.6 Å². The van der Waals surface area contributed by atoms with Gasteiger partial charge in [-0.25, -0.2) is 13.2 Å². The summed E-state index contributed by atoms with van der Waals surface area (Å²) in [7, 11) is 0.517. The largest absolute Gasteiger partial charge is 0.395 e. The predicted molar refractivity (Wildman–Crippen MR) is 167 cm³/mol. The Morgan fingerprint density at radius 3 is 2.39 bits per heavy atom. The first-order chi connectivity index (χ1) is 20.9. The van der Waals surface area contributed by atoms with Crippen LogP contribution < -0.4 is 21.6 Å². The van der Waals surface area contributed by atoms with Crippen molar-refractivity contribution in [2.24, 2.45) is 13.0 Å². The normalized spacial score (nSPS) is 23.9. The van der Waals surface area contributed by atoms with E-state index in [9.17, 15) is 22.8 Å². The highest BCUT2D eigenvalue weighted by Gasteiger charge is 2.33. The number of nitrogen functional groups attached to an aromatic ring is 1. The van der Waals surface area contributed by atoms with Gasteiger partial charge in [0.1, 0.15) is 6.04 Å². The first-order valence-corrected chi connectivity index (χ1v) is 17.3. The van der Waals surface area contributed by atoms with Crippen LogP contribution in [0.4, 0.5) is 11.4 Å². The molecule has 2 saturated heterocycles. The molecule has 6 rings (SSSR count). The molecule has 2 aliphatic heterocycles. The number of piperidine rings is 2. The lowest BCUT2D eigenvalue weighted by atomic mass is 9.85. The Kier molecular flexibility index (Phi) is 8.07. The van der Waals surface area contributed by atoms with Crippen molar-refractivity contribution >= 4 is 44.1 Å². The Morgan fingerprint density at radius 2 is 1.75 bits per heavy atom. The fourth-order valence-corrected chi connectivity index (χ4v) is 8.19. The molecule has 0 spiro atoms. The third kappa shape index (κ3) is 5.65. The second kappa shape index (κ2) is 11.7. The van der Waals surface area contributed by atoms with Crippen molar-refractivity contribution in [3.63, 3.8) is 0 Å². The van der Waals surface area contributed by atoms with E-state index in [1.807, 2.05) is 18.2 Å². The van der Waals surface area contributed by atoms with E-state index in [2.05, 4.69) is 27.3 Å². The minimum absolute atomic E-state index is 0.0314. The highest BCUT2D eigenvalue weighted by atomic mass is 32.2. The Labute approximate surface area is 256 Å². The van der Waals surface area contributed by atoms with Crippen molar-refractivity contribution in [1.29, 1.82) is 0 Å². The van der Waals surface area contributed by atoms with Gasteiger partial charge >= 0.3 is 5.69 Å². The lowest BCUT2D eigenvalue weighted by Crippen LogP contribution is -2.45. The molecule has 0 bridgehead atoms. The lowest BCUT2D eigenvalue weighted by molar-refractivity contribution is -0.135. The molecule has 1 aliphatic carbocycles. The number of anilines is 2. The van der Waals surface area contributed by atoms with Gasteiger partial charge in [-0.2, -0.15) is 5.10 Å². The van der Waals surface area contributed by atoms with Crippen molar-refractivity contribution in [2.45, 2.75) is 74.5 Å². The van der Waals surface area contributed by atoms with Crippen molar-refractivity contribution in [2.75, 3.05) is 43.6 Å². The van der Waals surface area contributed by atoms with Gasteiger partial charge in [-0.1, -0.05) is 6.07 Å². The van der Waals surface area contributed by atoms with Crippen LogP contribution in [0.3, 0.4) is 0 Å². The van der Waals surface area contributed by atoms with Crippen LogP contribution in [0.1, 0.15) is 63.5 Å². The van der Waals surface area contributed by atoms with E-state index < -0.39 is 21.8 Å². The zero-order valence-electron chi connectivity index (χ0n) is 25.6. The van der Waals surface area contributed by atoms with Crippen LogP contribution in [0.15, 0.2) is 34.2 Å². The van der Waals surface area contributed by atoms with E-state index in [-0.39, 0.29) is 34.8 Å². The summed E-state index contributed by atoms with van der Waals surface area (Å²) in [5, 5.41) is 6.64. The molecule has 2 aromatic heterocycles. The summed E-state index contributed by atoms with van der Waals surface area (Å²) in [6, 6.07) is 5.80. The smallest absolute Gasteiger partial charge is 0.329 e. The van der Waals surface area contributed by atoms with Crippen LogP contribution in [-0.2, 0) is 26.5 Å². The number of hydrogen-bond donors (Lipinski definition) is 2. The van der Waals surface area contributed by atoms with Gasteiger partial charge in [-0.15, -0.1) is 0 Å². The molecule has 3 N–H and O–H groups in total. The van der Waals surface area contributed by atoms with Gasteiger partial charge in [-0.3, -0.25) is 28.7 Å². The van der Waals surface area contributed by atoms with E-state index in [0.29, 0.717) is 23.9 Å². The number of imide groups is 1. The summed E-state index contributed by atoms with van der Waals surface area (Å²) in [5.41, 5.74) is 8.41. The summed E-state index contributed by atoms with van der Waals surface area (Å²) in [6.45, 7) is 2.75. The molecule has 238 valence electrons. The molecule has 1 aromatic carbocycles. The Balaban J connectivity index is 1.07. The first kappa shape index (κ1) is 30.4. The average Bonchev–Trinajstić information content (AvgIpc) is 3.51. The van der Waals surface area contributed by atoms with Crippen LogP contribution in [0.2, 0.25) is 0 Å². The topological polar surface area (TPSA) is 158 Å². The summed E-state index contributed by atoms with van der Waals surface area (Å²) in [4.78, 5) is 42.5. The number of fused-ring (bicyclic) bond motifs is 1. The Morgan fingerprint density at radius 1 is 1.05 bits per heavy atom. The van der Waals surface area contributed by atoms with Gasteiger partial charge in [0.2, 0.25) is 11.8 Å². The number of nitrogens with one attached hydrogen (secondary N) is 1. The summed E-state index contributed by atoms with van der Waals surface area (Å²) < 4.78 is 28.8. The number of carbonyl (C=O) groups excluding carboxylic acids is 2. The molecular weight excluding hydrogens is 584 g/mol. The van der Waals surface area contributed by atoms with Crippen LogP contribution in [0.5, 0.6) is 0 Å². The summed E-state index contributed by atoms with van der Waals surface area (Å²) in [5.74, 6) is -0.150. The number of nitrogens with two attached hydrogens (primary N) is 1. The highest BCUT2D eigenvalue weighted by molar-refractivity contribution is 7.90. The molecule has 1 unspecified atom stereocenters. The standard InChI is InChI=1S/C30H42N8O5S/c1-34(17-19-7-9-21(10-8-19)37-18-22(31)29(33-37)44(3,42)43)20-13-15-36(16-14-20)23-5-4-6-24-27(23)35(2)30(41)38(24)25-11-12-26(39)32-28(25)40/h4-6,18-21,25H,7-17,31H2,1-3H3,(H,32,39,40). The van der Waals surface area contributed by atoms with E-state index in [1.165, 1.54) is 0 Å².